The van der Waals surface area contributed by atoms with E-state index in [0.29, 0.717) is 23.4 Å². The van der Waals surface area contributed by atoms with Crippen molar-refractivity contribution in [2.24, 2.45) is 0 Å². The van der Waals surface area contributed by atoms with Crippen LogP contribution in [0.5, 0.6) is 0 Å². The minimum Gasteiger partial charge on any atom is -0.390 e. The van der Waals surface area contributed by atoms with Gasteiger partial charge in [0.2, 0.25) is 0 Å². The number of carbonyl (C=O) groups is 1. The van der Waals surface area contributed by atoms with Crippen LogP contribution in [0.25, 0.3) is 0 Å². The van der Waals surface area contributed by atoms with Crippen molar-refractivity contribution in [1.82, 2.24) is 5.32 Å². The predicted molar refractivity (Wildman–Crippen MR) is 64.0 cm³/mol. The van der Waals surface area contributed by atoms with Gasteiger partial charge in [0, 0.05) is 10.6 Å². The molecule has 2 rings (SSSR count). The van der Waals surface area contributed by atoms with Gasteiger partial charge in [-0.2, -0.15) is 0 Å². The van der Waals surface area contributed by atoms with Crippen molar-refractivity contribution in [3.05, 3.63) is 34.9 Å². The number of nitrogens with one attached hydrogen (secondary N) is 1. The highest BCUT2D eigenvalue weighted by molar-refractivity contribution is 6.30. The van der Waals surface area contributed by atoms with Crippen molar-refractivity contribution in [1.29, 1.82) is 0 Å². The van der Waals surface area contributed by atoms with Crippen LogP contribution in [0.2, 0.25) is 5.02 Å². The van der Waals surface area contributed by atoms with Crippen LogP contribution in [0.15, 0.2) is 24.3 Å². The number of benzene rings is 1. The predicted octanol–water partition coefficient (Wildman–Crippen LogP) is 0.954. The van der Waals surface area contributed by atoms with Crippen LogP contribution in [0.1, 0.15) is 23.2 Å². The minimum absolute atomic E-state index is 0.286. The molecule has 4 nitrogen and oxygen atoms in total. The van der Waals surface area contributed by atoms with E-state index in [4.69, 9.17) is 11.6 Å². The monoisotopic (exact) mass is 255 g/mol. The molecule has 0 aromatic heterocycles. The highest BCUT2D eigenvalue weighted by Crippen LogP contribution is 2.20. The van der Waals surface area contributed by atoms with Crippen molar-refractivity contribution in [2.45, 2.75) is 31.1 Å². The third kappa shape index (κ3) is 2.77. The van der Waals surface area contributed by atoms with Crippen molar-refractivity contribution < 1.29 is 15.0 Å². The quantitative estimate of drug-likeness (QED) is 0.737. The largest absolute Gasteiger partial charge is 0.390 e. The summed E-state index contributed by atoms with van der Waals surface area (Å²) in [6.07, 6.45) is -0.561. The van der Waals surface area contributed by atoms with E-state index < -0.39 is 18.2 Å². The minimum atomic E-state index is -0.891. The summed E-state index contributed by atoms with van der Waals surface area (Å²) in [5.74, 6) is -0.286. The first kappa shape index (κ1) is 12.4. The van der Waals surface area contributed by atoms with Crippen LogP contribution >= 0.6 is 11.6 Å². The molecule has 0 unspecified atom stereocenters. The van der Waals surface area contributed by atoms with Crippen LogP contribution < -0.4 is 5.32 Å². The summed E-state index contributed by atoms with van der Waals surface area (Å²) < 4.78 is 0. The third-order valence-corrected chi connectivity index (χ3v) is 3.22. The maximum atomic E-state index is 11.8. The normalized spacial score (nSPS) is 28.1. The van der Waals surface area contributed by atoms with Gasteiger partial charge < -0.3 is 15.5 Å². The first-order chi connectivity index (χ1) is 8.08. The van der Waals surface area contributed by atoms with Crippen molar-refractivity contribution in [3.8, 4) is 0 Å². The molecule has 17 heavy (non-hydrogen) atoms. The van der Waals surface area contributed by atoms with E-state index in [-0.39, 0.29) is 5.91 Å². The highest BCUT2D eigenvalue weighted by Gasteiger charge is 2.34. The Morgan fingerprint density at radius 1 is 1.35 bits per heavy atom. The van der Waals surface area contributed by atoms with Crippen LogP contribution in [-0.2, 0) is 0 Å². The molecule has 1 aromatic rings. The lowest BCUT2D eigenvalue weighted by molar-refractivity contribution is 0.0296. The van der Waals surface area contributed by atoms with Gasteiger partial charge in [-0.25, -0.2) is 0 Å². The number of rotatable bonds is 2. The molecule has 1 fully saturated rings. The Balaban J connectivity index is 2.02. The number of carbonyl (C=O) groups excluding carboxylic acids is 1. The molecule has 1 amide bonds. The fraction of sp³-hybridized carbons (Fsp3) is 0.417. The average Bonchev–Trinajstić information content (AvgIpc) is 2.61. The van der Waals surface area contributed by atoms with Crippen LogP contribution in [0, 0.1) is 0 Å². The summed E-state index contributed by atoms with van der Waals surface area (Å²) in [7, 11) is 0. The molecule has 0 saturated heterocycles. The lowest BCUT2D eigenvalue weighted by Crippen LogP contribution is -2.42. The lowest BCUT2D eigenvalue weighted by atomic mass is 10.1. The molecule has 0 aliphatic heterocycles. The topological polar surface area (TPSA) is 69.6 Å². The number of aliphatic hydroxyl groups excluding tert-OH is 2. The zero-order chi connectivity index (χ0) is 12.4. The summed E-state index contributed by atoms with van der Waals surface area (Å²) >= 11 is 5.79. The van der Waals surface area contributed by atoms with Gasteiger partial charge in [-0.15, -0.1) is 0 Å². The summed E-state index contributed by atoms with van der Waals surface area (Å²) in [5.41, 5.74) is 0.450. The summed E-state index contributed by atoms with van der Waals surface area (Å²) in [6.45, 7) is 0. The molecule has 3 atom stereocenters. The molecule has 3 N–H and O–H groups in total. The van der Waals surface area contributed by atoms with E-state index >= 15 is 0 Å². The highest BCUT2D eigenvalue weighted by atomic mass is 35.5. The number of hydrogen-bond acceptors (Lipinski definition) is 3. The average molecular weight is 256 g/mol. The standard InChI is InChI=1S/C12H14ClNO3/c13-8-3-1-2-7(6-8)12(17)14-9-4-5-10(15)11(9)16/h1-3,6,9-11,15-16H,4-5H2,(H,14,17)/t9-,10-,11-/m1/s1. The molecular formula is C12H14ClNO3. The number of amides is 1. The Morgan fingerprint density at radius 2 is 2.12 bits per heavy atom. The molecule has 1 aliphatic carbocycles. The Hall–Kier alpha value is -1.10. The van der Waals surface area contributed by atoms with Crippen LogP contribution in [-0.4, -0.2) is 34.4 Å². The first-order valence-electron chi connectivity index (χ1n) is 5.50. The van der Waals surface area contributed by atoms with E-state index in [0.717, 1.165) is 0 Å². The van der Waals surface area contributed by atoms with Gasteiger partial charge in [0.25, 0.3) is 5.91 Å². The molecule has 0 bridgehead atoms. The molecule has 0 radical (unpaired) electrons. The smallest absolute Gasteiger partial charge is 0.251 e. The molecule has 1 saturated carbocycles. The lowest BCUT2D eigenvalue weighted by Gasteiger charge is -2.18. The van der Waals surface area contributed by atoms with Crippen molar-refractivity contribution in [3.63, 3.8) is 0 Å². The zero-order valence-electron chi connectivity index (χ0n) is 9.14. The first-order valence-corrected chi connectivity index (χ1v) is 5.88. The van der Waals surface area contributed by atoms with Gasteiger partial charge in [-0.3, -0.25) is 4.79 Å². The SMILES string of the molecule is O=C(N[C@@H]1CC[C@@H](O)[C@@H]1O)c1cccc(Cl)c1. The van der Waals surface area contributed by atoms with E-state index in [1.807, 2.05) is 0 Å². The number of hydrogen-bond donors (Lipinski definition) is 3. The summed E-state index contributed by atoms with van der Waals surface area (Å²) in [5, 5.41) is 22.2. The van der Waals surface area contributed by atoms with Crippen molar-refractivity contribution in [2.75, 3.05) is 0 Å². The van der Waals surface area contributed by atoms with E-state index in [2.05, 4.69) is 5.32 Å². The van der Waals surface area contributed by atoms with Gasteiger partial charge in [0.1, 0.15) is 6.10 Å². The summed E-state index contributed by atoms with van der Waals surface area (Å²) in [4.78, 5) is 11.8. The Bertz CT molecular complexity index is 424. The maximum absolute atomic E-state index is 11.8. The third-order valence-electron chi connectivity index (χ3n) is 2.98. The Morgan fingerprint density at radius 3 is 2.71 bits per heavy atom. The second-order valence-electron chi connectivity index (χ2n) is 4.23. The van der Waals surface area contributed by atoms with Crippen LogP contribution in [0.3, 0.4) is 0 Å². The van der Waals surface area contributed by atoms with Crippen LogP contribution in [0.4, 0.5) is 0 Å². The number of halogens is 1. The van der Waals surface area contributed by atoms with E-state index in [1.54, 1.807) is 24.3 Å². The van der Waals surface area contributed by atoms with Gasteiger partial charge in [-0.1, -0.05) is 17.7 Å². The van der Waals surface area contributed by atoms with Gasteiger partial charge >= 0.3 is 0 Å². The molecule has 1 aromatic carbocycles. The van der Waals surface area contributed by atoms with Crippen molar-refractivity contribution >= 4 is 17.5 Å². The number of aliphatic hydroxyl groups is 2. The van der Waals surface area contributed by atoms with E-state index in [1.165, 1.54) is 0 Å². The second-order valence-corrected chi connectivity index (χ2v) is 4.66. The fourth-order valence-electron chi connectivity index (χ4n) is 2.00. The van der Waals surface area contributed by atoms with Gasteiger partial charge in [0.15, 0.2) is 0 Å². The molecule has 92 valence electrons. The van der Waals surface area contributed by atoms with E-state index in [9.17, 15) is 15.0 Å². The Labute approximate surface area is 104 Å². The molecule has 5 heteroatoms. The maximum Gasteiger partial charge on any atom is 0.251 e. The molecule has 1 aliphatic rings. The summed E-state index contributed by atoms with van der Waals surface area (Å²) in [6, 6.07) is 6.20. The fourth-order valence-corrected chi connectivity index (χ4v) is 2.19. The van der Waals surface area contributed by atoms with Gasteiger partial charge in [-0.05, 0) is 31.0 Å². The zero-order valence-corrected chi connectivity index (χ0v) is 9.89. The molecule has 0 heterocycles. The second kappa shape index (κ2) is 5.04. The molecule has 0 spiro atoms. The van der Waals surface area contributed by atoms with Gasteiger partial charge in [0.05, 0.1) is 12.1 Å². The molecular weight excluding hydrogens is 242 g/mol. The Kier molecular flexibility index (Phi) is 3.66.